The Bertz CT molecular complexity index is 537. The second-order valence-corrected chi connectivity index (χ2v) is 4.52. The van der Waals surface area contributed by atoms with Gasteiger partial charge in [0.05, 0.1) is 6.04 Å². The lowest BCUT2D eigenvalue weighted by molar-refractivity contribution is -0.0498. The van der Waals surface area contributed by atoms with Crippen molar-refractivity contribution in [3.8, 4) is 5.75 Å². The van der Waals surface area contributed by atoms with Gasteiger partial charge in [0.2, 0.25) is 0 Å². The van der Waals surface area contributed by atoms with E-state index in [4.69, 9.17) is 5.73 Å². The van der Waals surface area contributed by atoms with E-state index in [1.165, 1.54) is 17.7 Å². The number of alkyl halides is 2. The van der Waals surface area contributed by atoms with Gasteiger partial charge in [-0.2, -0.15) is 8.78 Å². The van der Waals surface area contributed by atoms with E-state index in [1.54, 1.807) is 12.1 Å². The van der Waals surface area contributed by atoms with Crippen LogP contribution in [0.2, 0.25) is 0 Å². The third-order valence-electron chi connectivity index (χ3n) is 3.21. The number of benzene rings is 2. The second kappa shape index (κ2) is 6.48. The maximum atomic E-state index is 12.1. The van der Waals surface area contributed by atoms with Gasteiger partial charge in [0.15, 0.2) is 0 Å². The van der Waals surface area contributed by atoms with Crippen molar-refractivity contribution in [3.63, 3.8) is 0 Å². The van der Waals surface area contributed by atoms with Gasteiger partial charge in [-0.05, 0) is 35.2 Å². The SMILES string of the molecule is CCc1ccc(C(N)c2ccc(OC(F)F)cc2)cc1. The monoisotopic (exact) mass is 277 g/mol. The molecule has 2 aromatic rings. The van der Waals surface area contributed by atoms with Gasteiger partial charge in [-0.15, -0.1) is 0 Å². The molecule has 0 fully saturated rings. The Morgan fingerprint density at radius 3 is 1.90 bits per heavy atom. The van der Waals surface area contributed by atoms with Gasteiger partial charge in [0.1, 0.15) is 5.75 Å². The van der Waals surface area contributed by atoms with Gasteiger partial charge < -0.3 is 10.5 Å². The molecule has 2 nitrogen and oxygen atoms in total. The molecule has 4 heteroatoms. The summed E-state index contributed by atoms with van der Waals surface area (Å²) in [5, 5.41) is 0. The molecule has 106 valence electrons. The highest BCUT2D eigenvalue weighted by molar-refractivity contribution is 5.36. The van der Waals surface area contributed by atoms with Crippen LogP contribution in [0.5, 0.6) is 5.75 Å². The minimum absolute atomic E-state index is 0.136. The number of aryl methyl sites for hydroxylation is 1. The van der Waals surface area contributed by atoms with E-state index in [0.717, 1.165) is 17.5 Å². The highest BCUT2D eigenvalue weighted by atomic mass is 19.3. The Hall–Kier alpha value is -1.94. The van der Waals surface area contributed by atoms with E-state index in [0.29, 0.717) is 0 Å². The van der Waals surface area contributed by atoms with E-state index in [2.05, 4.69) is 11.7 Å². The van der Waals surface area contributed by atoms with Gasteiger partial charge in [-0.1, -0.05) is 43.3 Å². The van der Waals surface area contributed by atoms with Gasteiger partial charge in [0, 0.05) is 0 Å². The summed E-state index contributed by atoms with van der Waals surface area (Å²) in [5.74, 6) is 0.136. The van der Waals surface area contributed by atoms with Crippen LogP contribution < -0.4 is 10.5 Å². The highest BCUT2D eigenvalue weighted by Crippen LogP contribution is 2.23. The molecule has 20 heavy (non-hydrogen) atoms. The van der Waals surface area contributed by atoms with Crippen LogP contribution in [0.4, 0.5) is 8.78 Å². The molecule has 1 atom stereocenters. The Morgan fingerprint density at radius 2 is 1.45 bits per heavy atom. The fraction of sp³-hybridized carbons (Fsp3) is 0.250. The Morgan fingerprint density at radius 1 is 0.950 bits per heavy atom. The van der Waals surface area contributed by atoms with Crippen LogP contribution in [-0.2, 0) is 6.42 Å². The topological polar surface area (TPSA) is 35.2 Å². The number of hydrogen-bond acceptors (Lipinski definition) is 2. The lowest BCUT2D eigenvalue weighted by atomic mass is 9.98. The zero-order valence-corrected chi connectivity index (χ0v) is 11.2. The fourth-order valence-electron chi connectivity index (χ4n) is 2.01. The van der Waals surface area contributed by atoms with Gasteiger partial charge in [-0.3, -0.25) is 0 Å². The molecule has 0 saturated heterocycles. The lowest BCUT2D eigenvalue weighted by Gasteiger charge is -2.14. The molecule has 1 unspecified atom stereocenters. The molecular formula is C16H17F2NO. The van der Waals surface area contributed by atoms with Gasteiger partial charge >= 0.3 is 6.61 Å². The van der Waals surface area contributed by atoms with E-state index in [1.807, 2.05) is 24.3 Å². The van der Waals surface area contributed by atoms with Crippen molar-refractivity contribution in [2.24, 2.45) is 5.73 Å². The Balaban J connectivity index is 2.13. The number of hydrogen-bond donors (Lipinski definition) is 1. The zero-order valence-electron chi connectivity index (χ0n) is 11.2. The molecule has 0 saturated carbocycles. The molecule has 2 N–H and O–H groups in total. The van der Waals surface area contributed by atoms with Crippen LogP contribution >= 0.6 is 0 Å². The first kappa shape index (κ1) is 14.5. The molecule has 0 spiro atoms. The number of nitrogens with two attached hydrogens (primary N) is 1. The maximum Gasteiger partial charge on any atom is 0.387 e. The first-order valence-corrected chi connectivity index (χ1v) is 6.49. The van der Waals surface area contributed by atoms with Crippen molar-refractivity contribution in [1.29, 1.82) is 0 Å². The standard InChI is InChI=1S/C16H17F2NO/c1-2-11-3-5-12(6-4-11)15(19)13-7-9-14(10-8-13)20-16(17)18/h3-10,15-16H,2,19H2,1H3. The van der Waals surface area contributed by atoms with Crippen molar-refractivity contribution in [1.82, 2.24) is 0 Å². The third kappa shape index (κ3) is 3.54. The maximum absolute atomic E-state index is 12.1. The molecule has 2 rings (SSSR count). The molecule has 0 aliphatic rings. The quantitative estimate of drug-likeness (QED) is 0.899. The first-order chi connectivity index (χ1) is 9.60. The van der Waals surface area contributed by atoms with Crippen molar-refractivity contribution in [2.45, 2.75) is 26.0 Å². The number of rotatable bonds is 5. The molecule has 0 aliphatic carbocycles. The lowest BCUT2D eigenvalue weighted by Crippen LogP contribution is -2.12. The summed E-state index contributed by atoms with van der Waals surface area (Å²) in [4.78, 5) is 0. The molecule has 0 aromatic heterocycles. The summed E-state index contributed by atoms with van der Waals surface area (Å²) in [6.45, 7) is -0.715. The van der Waals surface area contributed by atoms with Crippen LogP contribution in [0.25, 0.3) is 0 Å². The Kier molecular flexibility index (Phi) is 4.69. The summed E-state index contributed by atoms with van der Waals surface area (Å²) < 4.78 is 28.4. The number of halogens is 2. The molecular weight excluding hydrogens is 260 g/mol. The normalized spacial score (nSPS) is 12.4. The van der Waals surface area contributed by atoms with Crippen LogP contribution in [0, 0.1) is 0 Å². The average Bonchev–Trinajstić information content (AvgIpc) is 2.47. The molecule has 0 bridgehead atoms. The summed E-state index contributed by atoms with van der Waals surface area (Å²) in [6, 6.07) is 14.2. The van der Waals surface area contributed by atoms with E-state index in [9.17, 15) is 8.78 Å². The smallest absolute Gasteiger partial charge is 0.387 e. The molecule has 0 radical (unpaired) electrons. The summed E-state index contributed by atoms with van der Waals surface area (Å²) in [5.41, 5.74) is 9.27. The second-order valence-electron chi connectivity index (χ2n) is 4.52. The molecule has 0 amide bonds. The largest absolute Gasteiger partial charge is 0.435 e. The minimum Gasteiger partial charge on any atom is -0.435 e. The zero-order chi connectivity index (χ0) is 14.5. The van der Waals surface area contributed by atoms with Crippen molar-refractivity contribution < 1.29 is 13.5 Å². The third-order valence-corrected chi connectivity index (χ3v) is 3.21. The summed E-state index contributed by atoms with van der Waals surface area (Å²) in [6.07, 6.45) is 0.981. The van der Waals surface area contributed by atoms with Crippen LogP contribution in [0.15, 0.2) is 48.5 Å². The average molecular weight is 277 g/mol. The molecule has 2 aromatic carbocycles. The summed E-state index contributed by atoms with van der Waals surface area (Å²) >= 11 is 0. The highest BCUT2D eigenvalue weighted by Gasteiger charge is 2.10. The summed E-state index contributed by atoms with van der Waals surface area (Å²) in [7, 11) is 0. The fourth-order valence-corrected chi connectivity index (χ4v) is 2.01. The van der Waals surface area contributed by atoms with Crippen LogP contribution in [-0.4, -0.2) is 6.61 Å². The van der Waals surface area contributed by atoms with Crippen molar-refractivity contribution in [2.75, 3.05) is 0 Å². The van der Waals surface area contributed by atoms with Crippen LogP contribution in [0.1, 0.15) is 29.7 Å². The Labute approximate surface area is 117 Å². The molecule has 0 aliphatic heterocycles. The minimum atomic E-state index is -2.81. The van der Waals surface area contributed by atoms with Crippen molar-refractivity contribution in [3.05, 3.63) is 65.2 Å². The predicted octanol–water partition coefficient (Wildman–Crippen LogP) is 3.90. The van der Waals surface area contributed by atoms with E-state index >= 15 is 0 Å². The van der Waals surface area contributed by atoms with Gasteiger partial charge in [-0.25, -0.2) is 0 Å². The van der Waals surface area contributed by atoms with Crippen LogP contribution in [0.3, 0.4) is 0 Å². The van der Waals surface area contributed by atoms with E-state index < -0.39 is 6.61 Å². The predicted molar refractivity (Wildman–Crippen MR) is 74.9 cm³/mol. The van der Waals surface area contributed by atoms with Crippen molar-refractivity contribution >= 4 is 0 Å². The van der Waals surface area contributed by atoms with Gasteiger partial charge in [0.25, 0.3) is 0 Å². The molecule has 0 heterocycles. The number of ether oxygens (including phenoxy) is 1. The van der Waals surface area contributed by atoms with E-state index in [-0.39, 0.29) is 11.8 Å². The first-order valence-electron chi connectivity index (χ1n) is 6.49.